The maximum absolute atomic E-state index is 13.0. The Hall–Kier alpha value is -3.84. The van der Waals surface area contributed by atoms with Gasteiger partial charge in [-0.3, -0.25) is 29.8 Å². The molecule has 0 spiro atoms. The van der Waals surface area contributed by atoms with Crippen molar-refractivity contribution < 1.29 is 55.6 Å². The van der Waals surface area contributed by atoms with Crippen LogP contribution in [0.1, 0.15) is 76.3 Å². The van der Waals surface area contributed by atoms with Crippen molar-refractivity contribution in [3.8, 4) is 0 Å². The van der Waals surface area contributed by atoms with Gasteiger partial charge in [0.2, 0.25) is 0 Å². The van der Waals surface area contributed by atoms with Crippen molar-refractivity contribution in [2.24, 2.45) is 0 Å². The summed E-state index contributed by atoms with van der Waals surface area (Å²) in [5, 5.41) is 37.2. The number of nitro groups is 2. The first-order chi connectivity index (χ1) is 23.7. The van der Waals surface area contributed by atoms with Crippen LogP contribution in [0.4, 0.5) is 49.1 Å². The van der Waals surface area contributed by atoms with Crippen LogP contribution in [-0.2, 0) is 26.7 Å². The highest BCUT2D eigenvalue weighted by atomic mass is 79.9. The molecule has 2 fully saturated rings. The summed E-state index contributed by atoms with van der Waals surface area (Å²) < 4.78 is 83.0. The van der Waals surface area contributed by atoms with Crippen molar-refractivity contribution in [1.82, 2.24) is 0 Å². The molecular weight excluding hydrogens is 762 g/mol. The van der Waals surface area contributed by atoms with Crippen molar-refractivity contribution in [1.29, 1.82) is 0 Å². The van der Waals surface area contributed by atoms with Crippen molar-refractivity contribution in [3.05, 3.63) is 67.8 Å². The lowest BCUT2D eigenvalue weighted by Gasteiger charge is -2.29. The van der Waals surface area contributed by atoms with E-state index in [9.17, 15) is 61.3 Å². The van der Waals surface area contributed by atoms with Gasteiger partial charge >= 0.3 is 12.4 Å². The number of carbonyl (C=O) groups excluding carboxylic acids is 2. The van der Waals surface area contributed by atoms with Crippen molar-refractivity contribution in [3.63, 3.8) is 0 Å². The number of rotatable bonds is 10. The Bertz CT molecular complexity index is 1500. The molecule has 2 aromatic rings. The van der Waals surface area contributed by atoms with Crippen LogP contribution in [0.15, 0.2) is 36.4 Å². The summed E-state index contributed by atoms with van der Waals surface area (Å²) in [6.45, 7) is 3.05. The van der Waals surface area contributed by atoms with Gasteiger partial charge in [-0.2, -0.15) is 26.3 Å². The predicted molar refractivity (Wildman–Crippen MR) is 179 cm³/mol. The van der Waals surface area contributed by atoms with Crippen LogP contribution in [0.3, 0.4) is 0 Å². The van der Waals surface area contributed by atoms with E-state index < -0.39 is 44.7 Å². The third-order valence-corrected chi connectivity index (χ3v) is 8.61. The van der Waals surface area contributed by atoms with E-state index in [4.69, 9.17) is 4.74 Å². The zero-order valence-electron chi connectivity index (χ0n) is 27.7. The molecular formula is C32H39BrF6N4O8. The van der Waals surface area contributed by atoms with Gasteiger partial charge in [0, 0.05) is 35.6 Å². The number of hydrogen-bond donors (Lipinski definition) is 3. The molecule has 0 saturated heterocycles. The number of aliphatic hydroxyl groups is 1. The Labute approximate surface area is 297 Å². The number of nitrogens with one attached hydrogen (secondary N) is 2. The van der Waals surface area contributed by atoms with Gasteiger partial charge in [-0.15, -0.1) is 0 Å². The highest BCUT2D eigenvalue weighted by molar-refractivity contribution is 9.09. The van der Waals surface area contributed by atoms with Crippen molar-refractivity contribution in [2.45, 2.75) is 102 Å². The summed E-state index contributed by atoms with van der Waals surface area (Å²) in [5.41, 5.74) is -4.03. The van der Waals surface area contributed by atoms with Gasteiger partial charge in [-0.05, 0) is 89.5 Å². The fourth-order valence-corrected chi connectivity index (χ4v) is 5.32. The largest absolute Gasteiger partial charge is 0.423 e. The maximum atomic E-state index is 13.0. The molecule has 284 valence electrons. The molecule has 0 heterocycles. The van der Waals surface area contributed by atoms with E-state index in [-0.39, 0.29) is 53.8 Å². The SMILES string of the molecule is CC(=O)CBr.CC(=O)COC1CCC(Nc2ccc([N+](=O)[O-])c(C(F)(F)F)c2)CC1.O=[N+]([O-])c1ccc(NC2CCC(O)CC2)cc1C(F)(F)F. The topological polar surface area (TPSA) is 174 Å². The summed E-state index contributed by atoms with van der Waals surface area (Å²) in [6.07, 6.45) is -4.70. The Morgan fingerprint density at radius 1 is 0.765 bits per heavy atom. The van der Waals surface area contributed by atoms with Crippen LogP contribution < -0.4 is 10.6 Å². The molecule has 2 saturated carbocycles. The van der Waals surface area contributed by atoms with E-state index in [1.807, 2.05) is 0 Å². The van der Waals surface area contributed by atoms with Crippen LogP contribution in [0, 0.1) is 20.2 Å². The van der Waals surface area contributed by atoms with Crippen LogP contribution in [0.5, 0.6) is 0 Å². The molecule has 12 nitrogen and oxygen atoms in total. The first-order valence-corrected chi connectivity index (χ1v) is 16.9. The first-order valence-electron chi connectivity index (χ1n) is 15.8. The summed E-state index contributed by atoms with van der Waals surface area (Å²) in [6, 6.07) is 5.76. The monoisotopic (exact) mass is 800 g/mol. The molecule has 2 aromatic carbocycles. The number of ketones is 2. The molecule has 51 heavy (non-hydrogen) atoms. The van der Waals surface area contributed by atoms with E-state index in [1.54, 1.807) is 0 Å². The second-order valence-corrected chi connectivity index (χ2v) is 12.7. The number of Topliss-reactive ketones (excluding diaryl/α,β-unsaturated/α-hetero) is 2. The van der Waals surface area contributed by atoms with Gasteiger partial charge in [0.15, 0.2) is 5.78 Å². The van der Waals surface area contributed by atoms with E-state index in [2.05, 4.69) is 26.6 Å². The number of aliphatic hydroxyl groups excluding tert-OH is 1. The fraction of sp³-hybridized carbons (Fsp3) is 0.562. The summed E-state index contributed by atoms with van der Waals surface area (Å²) in [5.74, 6) is 0.121. The maximum Gasteiger partial charge on any atom is 0.423 e. The number of carbonyl (C=O) groups is 2. The lowest BCUT2D eigenvalue weighted by Crippen LogP contribution is -2.30. The van der Waals surface area contributed by atoms with E-state index in [1.165, 1.54) is 26.0 Å². The molecule has 3 N–H and O–H groups in total. The molecule has 0 bridgehead atoms. The van der Waals surface area contributed by atoms with Gasteiger partial charge in [-0.25, -0.2) is 0 Å². The highest BCUT2D eigenvalue weighted by Gasteiger charge is 2.39. The molecule has 0 unspecified atom stereocenters. The van der Waals surface area contributed by atoms with Crippen LogP contribution in [0.25, 0.3) is 0 Å². The van der Waals surface area contributed by atoms with Crippen molar-refractivity contribution >= 4 is 50.2 Å². The van der Waals surface area contributed by atoms with Gasteiger partial charge in [0.25, 0.3) is 11.4 Å². The second kappa shape index (κ2) is 19.7. The highest BCUT2D eigenvalue weighted by Crippen LogP contribution is 2.39. The fourth-order valence-electron chi connectivity index (χ4n) is 5.32. The molecule has 0 atom stereocenters. The minimum atomic E-state index is -4.79. The number of nitro benzene ring substituents is 2. The Kier molecular flexibility index (Phi) is 16.7. The molecule has 4 rings (SSSR count). The number of ether oxygens (including phenoxy) is 1. The Balaban J connectivity index is 0.000000316. The molecule has 19 heteroatoms. The third kappa shape index (κ3) is 15.1. The number of halogens is 7. The lowest BCUT2D eigenvalue weighted by molar-refractivity contribution is -0.388. The molecule has 2 aliphatic rings. The number of anilines is 2. The van der Waals surface area contributed by atoms with Gasteiger partial charge in [0.1, 0.15) is 23.5 Å². The van der Waals surface area contributed by atoms with Crippen molar-refractivity contribution in [2.75, 3.05) is 22.6 Å². The van der Waals surface area contributed by atoms with Gasteiger partial charge in [0.05, 0.1) is 27.4 Å². The van der Waals surface area contributed by atoms with Crippen LogP contribution in [-0.4, -0.2) is 62.7 Å². The normalized spacial score (nSPS) is 20.4. The Morgan fingerprint density at radius 3 is 1.45 bits per heavy atom. The average molecular weight is 802 g/mol. The molecule has 0 radical (unpaired) electrons. The predicted octanol–water partition coefficient (Wildman–Crippen LogP) is 8.24. The first kappa shape index (κ1) is 43.3. The summed E-state index contributed by atoms with van der Waals surface area (Å²) in [7, 11) is 0. The minimum Gasteiger partial charge on any atom is -0.393 e. The van der Waals surface area contributed by atoms with Gasteiger partial charge in [-0.1, -0.05) is 15.9 Å². The number of hydrogen-bond acceptors (Lipinski definition) is 10. The quantitative estimate of drug-likeness (QED) is 0.0919. The van der Waals surface area contributed by atoms with Crippen LogP contribution >= 0.6 is 15.9 Å². The molecule has 2 aliphatic carbocycles. The number of alkyl halides is 7. The zero-order chi connectivity index (χ0) is 38.5. The van der Waals surface area contributed by atoms with E-state index in [0.29, 0.717) is 56.7 Å². The van der Waals surface area contributed by atoms with Gasteiger partial charge < -0.3 is 20.5 Å². The van der Waals surface area contributed by atoms with E-state index in [0.717, 1.165) is 24.3 Å². The zero-order valence-corrected chi connectivity index (χ0v) is 29.3. The molecule has 0 amide bonds. The number of nitrogens with zero attached hydrogens (tertiary/aromatic N) is 2. The molecule has 0 aliphatic heterocycles. The molecule has 0 aromatic heterocycles. The third-order valence-electron chi connectivity index (χ3n) is 7.82. The lowest BCUT2D eigenvalue weighted by atomic mass is 9.92. The van der Waals surface area contributed by atoms with Crippen LogP contribution in [0.2, 0.25) is 0 Å². The summed E-state index contributed by atoms with van der Waals surface area (Å²) >= 11 is 2.96. The standard InChI is InChI=1S/C16H19F3N2O4.C13H15F3N2O3.C3H5BrO/c1-10(22)9-25-13-5-2-11(3-6-13)20-12-4-7-15(21(23)24)14(8-12)16(17,18)19;14-13(15,16)11-7-9(3-6-12(11)18(20)21)17-8-1-4-10(19)5-2-8;1-3(5)2-4/h4,7-8,11,13,20H,2-3,5-6,9H2,1H3;3,6-8,10,17,19H,1-2,4-5H2;2H2,1H3. The smallest absolute Gasteiger partial charge is 0.393 e. The second-order valence-electron chi connectivity index (χ2n) is 12.1. The Morgan fingerprint density at radius 2 is 1.14 bits per heavy atom. The average Bonchev–Trinajstić information content (AvgIpc) is 3.05. The minimum absolute atomic E-state index is 0.0236. The number of benzene rings is 2. The summed E-state index contributed by atoms with van der Waals surface area (Å²) in [4.78, 5) is 40.0. The van der Waals surface area contributed by atoms with E-state index >= 15 is 0 Å².